The number of aromatic nitrogens is 1. The molecule has 1 N–H and O–H groups in total. The molecule has 2 aliphatic rings. The number of carboxylic acid groups (broad SMARTS) is 1. The van der Waals surface area contributed by atoms with Crippen molar-refractivity contribution in [1.29, 1.82) is 0 Å². The summed E-state index contributed by atoms with van der Waals surface area (Å²) in [5.74, 6) is -1.09. The van der Waals surface area contributed by atoms with Crippen LogP contribution in [0.2, 0.25) is 5.02 Å². The summed E-state index contributed by atoms with van der Waals surface area (Å²) < 4.78 is 1.66. The summed E-state index contributed by atoms with van der Waals surface area (Å²) in [5, 5.41) is 9.53. The van der Waals surface area contributed by atoms with Gasteiger partial charge in [0.2, 0.25) is 0 Å². The van der Waals surface area contributed by atoms with Gasteiger partial charge in [0.25, 0.3) is 5.56 Å². The molecule has 1 heterocycles. The number of carboxylic acids is 1. The van der Waals surface area contributed by atoms with Crippen LogP contribution in [-0.4, -0.2) is 15.6 Å². The molecule has 0 amide bonds. The molecule has 0 aromatic heterocycles. The fraction of sp³-hybridized carbons (Fsp3) is 0.100. The minimum Gasteiger partial charge on any atom is -0.478 e. The summed E-state index contributed by atoms with van der Waals surface area (Å²) in [6.45, 7) is 2.34. The lowest BCUT2D eigenvalue weighted by Gasteiger charge is -2.09. The van der Waals surface area contributed by atoms with Gasteiger partial charge in [-0.3, -0.25) is 4.79 Å². The number of hydrogen-bond donors (Lipinski definition) is 1. The molecule has 0 saturated carbocycles. The molecule has 126 valence electrons. The lowest BCUT2D eigenvalue weighted by atomic mass is 10.1. The number of nitrogens with zero attached hydrogens (tertiary/aromatic N) is 1. The van der Waals surface area contributed by atoms with Gasteiger partial charge in [-0.1, -0.05) is 41.9 Å². The van der Waals surface area contributed by atoms with Gasteiger partial charge in [0.15, 0.2) is 0 Å². The molecule has 0 fully saturated rings. The van der Waals surface area contributed by atoms with Gasteiger partial charge in [0.1, 0.15) is 0 Å². The summed E-state index contributed by atoms with van der Waals surface area (Å²) in [6.07, 6.45) is 2.35. The molecular weight excluding hydrogens is 338 g/mol. The third-order valence-electron chi connectivity index (χ3n) is 4.10. The molecule has 0 atom stereocenters. The van der Waals surface area contributed by atoms with Gasteiger partial charge in [0, 0.05) is 22.2 Å². The number of hydrogen-bond acceptors (Lipinski definition) is 2. The summed E-state index contributed by atoms with van der Waals surface area (Å²) in [7, 11) is 0. The van der Waals surface area contributed by atoms with E-state index in [4.69, 9.17) is 16.7 Å². The molecule has 1 aliphatic heterocycles. The van der Waals surface area contributed by atoms with E-state index in [1.807, 2.05) is 49.4 Å². The fourth-order valence-corrected chi connectivity index (χ4v) is 3.08. The predicted octanol–water partition coefficient (Wildman–Crippen LogP) is 4.06. The number of carbonyl (C=O) groups is 1. The maximum absolute atomic E-state index is 12.9. The summed E-state index contributed by atoms with van der Waals surface area (Å²) >= 11 is 6.01. The minimum absolute atomic E-state index is 0.215. The van der Waals surface area contributed by atoms with Crippen LogP contribution in [0.1, 0.15) is 16.7 Å². The second-order valence-corrected chi connectivity index (χ2v) is 6.19. The number of halogens is 1. The van der Waals surface area contributed by atoms with Crippen molar-refractivity contribution in [3.8, 4) is 11.3 Å². The highest BCUT2D eigenvalue weighted by Gasteiger charge is 2.18. The van der Waals surface area contributed by atoms with Crippen LogP contribution in [0.25, 0.3) is 17.3 Å². The number of fused-ring (bicyclic) bond motifs is 1. The summed E-state index contributed by atoms with van der Waals surface area (Å²) in [4.78, 5) is 23.7. The van der Waals surface area contributed by atoms with Gasteiger partial charge in [0.05, 0.1) is 12.2 Å². The minimum atomic E-state index is -1.09. The van der Waals surface area contributed by atoms with Gasteiger partial charge >= 0.3 is 5.97 Å². The highest BCUT2D eigenvalue weighted by atomic mass is 35.5. The molecule has 25 heavy (non-hydrogen) atoms. The smallest absolute Gasteiger partial charge is 0.328 e. The van der Waals surface area contributed by atoms with Gasteiger partial charge in [-0.15, -0.1) is 0 Å². The Hall–Kier alpha value is -2.85. The first-order valence-corrected chi connectivity index (χ1v) is 8.13. The maximum Gasteiger partial charge on any atom is 0.328 e. The van der Waals surface area contributed by atoms with Crippen LogP contribution in [0.3, 0.4) is 0 Å². The standard InChI is InChI=1S/C20H16ClNO3/c1-13-11-15(21)8-7-14(13)12-22-18-6-4-2-3-5-16(18)17(20(22)25)9-10-19(23)24/h2-11H,12H2,1H3,(H,23,24). The first-order valence-electron chi connectivity index (χ1n) is 7.75. The molecule has 4 nitrogen and oxygen atoms in total. The van der Waals surface area contributed by atoms with E-state index in [0.29, 0.717) is 17.1 Å². The Morgan fingerprint density at radius 1 is 1.20 bits per heavy atom. The zero-order valence-electron chi connectivity index (χ0n) is 13.6. The van der Waals surface area contributed by atoms with Crippen molar-refractivity contribution >= 4 is 23.6 Å². The molecule has 0 saturated heterocycles. The van der Waals surface area contributed by atoms with E-state index in [1.54, 1.807) is 10.6 Å². The monoisotopic (exact) mass is 353 g/mol. The highest BCUT2D eigenvalue weighted by Crippen LogP contribution is 2.26. The Labute approximate surface area is 150 Å². The predicted molar refractivity (Wildman–Crippen MR) is 99.3 cm³/mol. The van der Waals surface area contributed by atoms with Crippen molar-refractivity contribution in [2.45, 2.75) is 13.5 Å². The molecule has 3 rings (SSSR count). The average molecular weight is 354 g/mol. The van der Waals surface area contributed by atoms with Crippen LogP contribution in [0.15, 0.2) is 59.4 Å². The fourth-order valence-electron chi connectivity index (χ4n) is 2.85. The van der Waals surface area contributed by atoms with Crippen LogP contribution < -0.4 is 5.56 Å². The molecule has 1 aromatic rings. The van der Waals surface area contributed by atoms with Gasteiger partial charge < -0.3 is 9.67 Å². The summed E-state index contributed by atoms with van der Waals surface area (Å²) in [5.41, 5.74) is 3.62. The van der Waals surface area contributed by atoms with Crippen LogP contribution in [0.4, 0.5) is 0 Å². The molecule has 1 aliphatic carbocycles. The normalized spacial score (nSPS) is 11.3. The maximum atomic E-state index is 12.9. The Morgan fingerprint density at radius 2 is 1.96 bits per heavy atom. The average Bonchev–Trinajstić information content (AvgIpc) is 2.70. The van der Waals surface area contributed by atoms with Crippen molar-refractivity contribution in [2.24, 2.45) is 0 Å². The Morgan fingerprint density at radius 3 is 2.68 bits per heavy atom. The third-order valence-corrected chi connectivity index (χ3v) is 4.33. The van der Waals surface area contributed by atoms with Gasteiger partial charge in [-0.05, 0) is 42.3 Å². The van der Waals surface area contributed by atoms with Crippen LogP contribution in [-0.2, 0) is 11.3 Å². The zero-order chi connectivity index (χ0) is 18.0. The van der Waals surface area contributed by atoms with E-state index < -0.39 is 5.97 Å². The zero-order valence-corrected chi connectivity index (χ0v) is 14.3. The lowest BCUT2D eigenvalue weighted by Crippen LogP contribution is -2.17. The SMILES string of the molecule is Cc1cc(Cl)ccc1Cn1c2cccccc-2c(C=CC(=O)O)c1=O. The van der Waals surface area contributed by atoms with Crippen LogP contribution in [0.5, 0.6) is 0 Å². The molecule has 0 radical (unpaired) electrons. The third kappa shape index (κ3) is 3.49. The van der Waals surface area contributed by atoms with Crippen LogP contribution >= 0.6 is 11.6 Å². The molecular formula is C20H16ClNO3. The Balaban J connectivity index is 2.17. The quantitative estimate of drug-likeness (QED) is 0.719. The Bertz CT molecular complexity index is 1000. The van der Waals surface area contributed by atoms with E-state index in [2.05, 4.69) is 0 Å². The number of benzene rings is 1. The summed E-state index contributed by atoms with van der Waals surface area (Å²) in [6, 6.07) is 14.8. The number of rotatable bonds is 4. The molecule has 0 unspecified atom stereocenters. The van der Waals surface area contributed by atoms with E-state index in [9.17, 15) is 9.59 Å². The topological polar surface area (TPSA) is 59.3 Å². The Kier molecular flexibility index (Phi) is 4.72. The van der Waals surface area contributed by atoms with Crippen molar-refractivity contribution < 1.29 is 9.90 Å². The first-order chi connectivity index (χ1) is 12.0. The van der Waals surface area contributed by atoms with E-state index in [0.717, 1.165) is 28.5 Å². The highest BCUT2D eigenvalue weighted by molar-refractivity contribution is 6.30. The number of aliphatic carboxylic acids is 1. The lowest BCUT2D eigenvalue weighted by molar-refractivity contribution is -0.131. The van der Waals surface area contributed by atoms with E-state index >= 15 is 0 Å². The molecule has 1 aromatic carbocycles. The number of aryl methyl sites for hydroxylation is 1. The largest absolute Gasteiger partial charge is 0.478 e. The molecule has 5 heteroatoms. The second-order valence-electron chi connectivity index (χ2n) is 5.76. The molecule has 0 bridgehead atoms. The van der Waals surface area contributed by atoms with Crippen LogP contribution in [0, 0.1) is 6.92 Å². The second kappa shape index (κ2) is 6.95. The van der Waals surface area contributed by atoms with Crippen molar-refractivity contribution in [3.05, 3.63) is 86.7 Å². The van der Waals surface area contributed by atoms with Crippen molar-refractivity contribution in [3.63, 3.8) is 0 Å². The van der Waals surface area contributed by atoms with Crippen molar-refractivity contribution in [2.75, 3.05) is 0 Å². The van der Waals surface area contributed by atoms with Gasteiger partial charge in [-0.2, -0.15) is 0 Å². The van der Waals surface area contributed by atoms with E-state index in [-0.39, 0.29) is 5.56 Å². The van der Waals surface area contributed by atoms with E-state index in [1.165, 1.54) is 6.08 Å². The first kappa shape index (κ1) is 17.0. The molecule has 0 spiro atoms. The van der Waals surface area contributed by atoms with Crippen molar-refractivity contribution in [1.82, 2.24) is 4.57 Å². The van der Waals surface area contributed by atoms with Gasteiger partial charge in [-0.25, -0.2) is 4.79 Å².